The Morgan fingerprint density at radius 2 is 2.05 bits per heavy atom. The molecule has 1 atom stereocenters. The highest BCUT2D eigenvalue weighted by Crippen LogP contribution is 2.20. The summed E-state index contributed by atoms with van der Waals surface area (Å²) in [7, 11) is 0. The van der Waals surface area contributed by atoms with E-state index in [4.69, 9.17) is 0 Å². The first kappa shape index (κ1) is 12.0. The quantitative estimate of drug-likeness (QED) is 0.884. The number of hydrogen-bond donors (Lipinski definition) is 2. The van der Waals surface area contributed by atoms with E-state index in [0.29, 0.717) is 17.3 Å². The highest BCUT2D eigenvalue weighted by Gasteiger charge is 2.14. The van der Waals surface area contributed by atoms with Gasteiger partial charge in [0.1, 0.15) is 11.6 Å². The van der Waals surface area contributed by atoms with Gasteiger partial charge in [0.2, 0.25) is 0 Å². The Morgan fingerprint density at radius 1 is 1.16 bits per heavy atom. The Morgan fingerprint density at radius 3 is 2.74 bits per heavy atom. The molecule has 2 N–H and O–H groups in total. The van der Waals surface area contributed by atoms with E-state index in [-0.39, 0.29) is 5.82 Å². The summed E-state index contributed by atoms with van der Waals surface area (Å²) in [6, 6.07) is 10.6. The van der Waals surface area contributed by atoms with Crippen molar-refractivity contribution < 1.29 is 4.39 Å². The van der Waals surface area contributed by atoms with Crippen LogP contribution < -0.4 is 10.6 Å². The Bertz CT molecular complexity index is 550. The van der Waals surface area contributed by atoms with Gasteiger partial charge in [-0.3, -0.25) is 0 Å². The van der Waals surface area contributed by atoms with Gasteiger partial charge in [-0.1, -0.05) is 12.1 Å². The van der Waals surface area contributed by atoms with Gasteiger partial charge < -0.3 is 10.6 Å². The molecular formula is C14H15FN4. The van der Waals surface area contributed by atoms with E-state index in [2.05, 4.69) is 20.8 Å². The first-order valence-electron chi connectivity index (χ1n) is 6.39. The minimum atomic E-state index is -0.280. The third-order valence-electron chi connectivity index (χ3n) is 3.23. The maximum absolute atomic E-state index is 13.6. The fraction of sp³-hybridized carbons (Fsp3) is 0.286. The number of benzene rings is 1. The summed E-state index contributed by atoms with van der Waals surface area (Å²) in [6.45, 7) is 1.97. The summed E-state index contributed by atoms with van der Waals surface area (Å²) in [5.74, 6) is 0.450. The topological polar surface area (TPSA) is 49.8 Å². The van der Waals surface area contributed by atoms with Crippen molar-refractivity contribution in [3.8, 4) is 11.3 Å². The number of anilines is 1. The Labute approximate surface area is 111 Å². The van der Waals surface area contributed by atoms with Crippen molar-refractivity contribution in [2.45, 2.75) is 12.5 Å². The molecule has 0 aliphatic carbocycles. The van der Waals surface area contributed by atoms with Crippen molar-refractivity contribution in [2.24, 2.45) is 0 Å². The molecule has 0 radical (unpaired) electrons. The van der Waals surface area contributed by atoms with E-state index in [1.807, 2.05) is 6.07 Å². The van der Waals surface area contributed by atoms with Crippen LogP contribution in [0, 0.1) is 5.82 Å². The third-order valence-corrected chi connectivity index (χ3v) is 3.23. The first-order valence-corrected chi connectivity index (χ1v) is 6.39. The molecule has 1 aliphatic heterocycles. The van der Waals surface area contributed by atoms with Crippen LogP contribution in [-0.4, -0.2) is 29.3 Å². The van der Waals surface area contributed by atoms with E-state index < -0.39 is 0 Å². The van der Waals surface area contributed by atoms with Crippen molar-refractivity contribution in [1.82, 2.24) is 15.5 Å². The van der Waals surface area contributed by atoms with Crippen LogP contribution in [0.4, 0.5) is 10.2 Å². The lowest BCUT2D eigenvalue weighted by molar-refractivity contribution is 0.630. The standard InChI is InChI=1S/C14H15FN4/c15-12-4-2-1-3-11(12)13-5-6-14(19-18-13)17-10-7-8-16-9-10/h1-6,10,16H,7-9H2,(H,17,19). The van der Waals surface area contributed by atoms with Crippen LogP contribution in [0.15, 0.2) is 36.4 Å². The number of hydrogen-bond acceptors (Lipinski definition) is 4. The van der Waals surface area contributed by atoms with Gasteiger partial charge in [-0.15, -0.1) is 10.2 Å². The van der Waals surface area contributed by atoms with Gasteiger partial charge in [-0.2, -0.15) is 0 Å². The van der Waals surface area contributed by atoms with Crippen LogP contribution in [0.25, 0.3) is 11.3 Å². The molecule has 2 aromatic rings. The lowest BCUT2D eigenvalue weighted by Crippen LogP contribution is -2.22. The summed E-state index contributed by atoms with van der Waals surface area (Å²) in [6.07, 6.45) is 1.08. The molecule has 1 unspecified atom stereocenters. The van der Waals surface area contributed by atoms with Crippen LogP contribution in [-0.2, 0) is 0 Å². The average Bonchev–Trinajstić information content (AvgIpc) is 2.93. The van der Waals surface area contributed by atoms with Crippen molar-refractivity contribution in [1.29, 1.82) is 0 Å². The number of halogens is 1. The van der Waals surface area contributed by atoms with Gasteiger partial charge >= 0.3 is 0 Å². The van der Waals surface area contributed by atoms with Crippen LogP contribution in [0.5, 0.6) is 0 Å². The molecule has 1 aromatic heterocycles. The summed E-state index contributed by atoms with van der Waals surface area (Å²) in [4.78, 5) is 0. The summed E-state index contributed by atoms with van der Waals surface area (Å²) >= 11 is 0. The molecule has 0 saturated carbocycles. The minimum Gasteiger partial charge on any atom is -0.365 e. The molecule has 98 valence electrons. The van der Waals surface area contributed by atoms with Crippen LogP contribution in [0.1, 0.15) is 6.42 Å². The molecule has 0 bridgehead atoms. The Kier molecular flexibility index (Phi) is 3.37. The molecule has 1 aromatic carbocycles. The van der Waals surface area contributed by atoms with Gasteiger partial charge in [0, 0.05) is 18.2 Å². The second kappa shape index (κ2) is 5.32. The average molecular weight is 258 g/mol. The molecule has 0 amide bonds. The van der Waals surface area contributed by atoms with E-state index in [9.17, 15) is 4.39 Å². The first-order chi connectivity index (χ1) is 9.33. The van der Waals surface area contributed by atoms with Gasteiger partial charge in [0.05, 0.1) is 5.69 Å². The predicted octanol–water partition coefficient (Wildman–Crippen LogP) is 2.06. The molecule has 1 fully saturated rings. The SMILES string of the molecule is Fc1ccccc1-c1ccc(NC2CCNC2)nn1. The van der Waals surface area contributed by atoms with Gasteiger partial charge in [0.25, 0.3) is 0 Å². The summed E-state index contributed by atoms with van der Waals surface area (Å²) in [5, 5.41) is 14.8. The molecule has 4 nitrogen and oxygen atoms in total. The number of rotatable bonds is 3. The van der Waals surface area contributed by atoms with Gasteiger partial charge in [-0.25, -0.2) is 4.39 Å². The van der Waals surface area contributed by atoms with Crippen molar-refractivity contribution in [3.63, 3.8) is 0 Å². The summed E-state index contributed by atoms with van der Waals surface area (Å²) in [5.41, 5.74) is 1.03. The zero-order valence-corrected chi connectivity index (χ0v) is 10.4. The minimum absolute atomic E-state index is 0.280. The lowest BCUT2D eigenvalue weighted by Gasteiger charge is -2.11. The predicted molar refractivity (Wildman–Crippen MR) is 72.3 cm³/mol. The molecule has 0 spiro atoms. The number of aromatic nitrogens is 2. The zero-order chi connectivity index (χ0) is 13.1. The van der Waals surface area contributed by atoms with E-state index in [1.54, 1.807) is 24.3 Å². The maximum atomic E-state index is 13.6. The van der Waals surface area contributed by atoms with E-state index in [1.165, 1.54) is 6.07 Å². The third kappa shape index (κ3) is 2.71. The maximum Gasteiger partial charge on any atom is 0.148 e. The van der Waals surface area contributed by atoms with Crippen LogP contribution in [0.3, 0.4) is 0 Å². The molecule has 5 heteroatoms. The fourth-order valence-electron chi connectivity index (χ4n) is 2.21. The largest absolute Gasteiger partial charge is 0.365 e. The molecule has 1 saturated heterocycles. The molecule has 3 rings (SSSR count). The molecule has 1 aliphatic rings. The fourth-order valence-corrected chi connectivity index (χ4v) is 2.21. The highest BCUT2D eigenvalue weighted by molar-refractivity contribution is 5.60. The smallest absolute Gasteiger partial charge is 0.148 e. The van der Waals surface area contributed by atoms with Crippen molar-refractivity contribution in [3.05, 3.63) is 42.2 Å². The van der Waals surface area contributed by atoms with Crippen molar-refractivity contribution >= 4 is 5.82 Å². The Balaban J connectivity index is 1.77. The molecule has 2 heterocycles. The second-order valence-electron chi connectivity index (χ2n) is 4.62. The zero-order valence-electron chi connectivity index (χ0n) is 10.4. The van der Waals surface area contributed by atoms with E-state index in [0.717, 1.165) is 25.3 Å². The summed E-state index contributed by atoms with van der Waals surface area (Å²) < 4.78 is 13.6. The molecule has 19 heavy (non-hydrogen) atoms. The van der Waals surface area contributed by atoms with E-state index >= 15 is 0 Å². The van der Waals surface area contributed by atoms with Gasteiger partial charge in [-0.05, 0) is 37.2 Å². The monoisotopic (exact) mass is 258 g/mol. The van der Waals surface area contributed by atoms with Gasteiger partial charge in [0.15, 0.2) is 0 Å². The molecular weight excluding hydrogens is 243 g/mol. The second-order valence-corrected chi connectivity index (χ2v) is 4.62. The Hall–Kier alpha value is -2.01. The van der Waals surface area contributed by atoms with Crippen molar-refractivity contribution in [2.75, 3.05) is 18.4 Å². The van der Waals surface area contributed by atoms with Crippen LogP contribution in [0.2, 0.25) is 0 Å². The normalized spacial score (nSPS) is 18.5. The number of nitrogens with zero attached hydrogens (tertiary/aromatic N) is 2. The van der Waals surface area contributed by atoms with Crippen LogP contribution >= 0.6 is 0 Å². The highest BCUT2D eigenvalue weighted by atomic mass is 19.1. The number of nitrogens with one attached hydrogen (secondary N) is 2. The lowest BCUT2D eigenvalue weighted by atomic mass is 10.1.